The average Bonchev–Trinajstić information content (AvgIpc) is 3.24. The molecule has 6 aromatic carbocycles. The Morgan fingerprint density at radius 1 is 0.324 bits per heavy atom. The van der Waals surface area contributed by atoms with Crippen LogP contribution in [0.3, 0.4) is 0 Å². The van der Waals surface area contributed by atoms with Gasteiger partial charge >= 0.3 is 0 Å². The van der Waals surface area contributed by atoms with Crippen LogP contribution < -0.4 is 5.30 Å². The van der Waals surface area contributed by atoms with E-state index in [2.05, 4.69) is 281 Å². The van der Waals surface area contributed by atoms with Gasteiger partial charge in [-0.05, 0) is 139 Å². The molecule has 0 bridgehead atoms. The van der Waals surface area contributed by atoms with Crippen molar-refractivity contribution >= 4 is 13.2 Å². The molecule has 1 heteroatoms. The fraction of sp³-hybridized carbons (Fsp3) is 0.486. The molecule has 0 saturated carbocycles. The smallest absolute Gasteiger partial charge is 0.0548 e. The minimum Gasteiger partial charge on any atom is -0.0663 e. The summed E-state index contributed by atoms with van der Waals surface area (Å²) in [5.41, 5.74) is 21.2. The first-order chi connectivity index (χ1) is 32.4. The van der Waals surface area contributed by atoms with Crippen molar-refractivity contribution in [3.8, 4) is 11.1 Å². The SMILES string of the molecule is CC(C)(C)c1ccc(CP(Cc2ccc(C(C)(C)C)cc2C(C)(C)C)c2ccc(-c3ccc(C4(c5ccc(C(C)(C)C)cc5C(C)(C)C)c5ccc(C(C)(C)C)cc5C4(C)C)cc3)cc2)c(C(C)(C)C)c1. The van der Waals surface area contributed by atoms with Gasteiger partial charge in [0, 0.05) is 5.41 Å². The molecule has 0 aromatic heterocycles. The lowest BCUT2D eigenvalue weighted by molar-refractivity contribution is 0.288. The van der Waals surface area contributed by atoms with Gasteiger partial charge in [0.05, 0.1) is 5.41 Å². The number of benzene rings is 6. The van der Waals surface area contributed by atoms with E-state index in [1.165, 1.54) is 88.8 Å². The second-order valence-corrected chi connectivity index (χ2v) is 31.6. The van der Waals surface area contributed by atoms with Crippen molar-refractivity contribution in [1.29, 1.82) is 0 Å². The second kappa shape index (κ2) is 18.3. The van der Waals surface area contributed by atoms with Crippen LogP contribution in [0.1, 0.15) is 232 Å². The third-order valence-corrected chi connectivity index (χ3v) is 18.6. The predicted molar refractivity (Wildman–Crippen MR) is 315 cm³/mol. The van der Waals surface area contributed by atoms with Gasteiger partial charge in [-0.2, -0.15) is 0 Å². The molecular formula is C70H93P. The van der Waals surface area contributed by atoms with Crippen molar-refractivity contribution in [3.05, 3.63) is 194 Å². The van der Waals surface area contributed by atoms with Gasteiger partial charge in [0.25, 0.3) is 0 Å². The van der Waals surface area contributed by atoms with Crippen LogP contribution in [0, 0.1) is 0 Å². The quantitative estimate of drug-likeness (QED) is 0.133. The highest BCUT2D eigenvalue weighted by Crippen LogP contribution is 2.65. The van der Waals surface area contributed by atoms with Gasteiger partial charge in [0.1, 0.15) is 0 Å². The Labute approximate surface area is 436 Å². The summed E-state index contributed by atoms with van der Waals surface area (Å²) in [6.45, 7) is 54.7. The first-order valence-corrected chi connectivity index (χ1v) is 28.6. The third kappa shape index (κ3) is 10.6. The highest BCUT2D eigenvalue weighted by molar-refractivity contribution is 7.64. The molecule has 0 radical (unpaired) electrons. The first-order valence-electron chi connectivity index (χ1n) is 26.9. The lowest BCUT2D eigenvalue weighted by atomic mass is 9.42. The number of fused-ring (bicyclic) bond motifs is 1. The van der Waals surface area contributed by atoms with Crippen LogP contribution in [0.2, 0.25) is 0 Å². The standard InChI is InChI=1S/C70H93P/c1-62(2,3)51-32-26-48(58(40-51)66(13,14)15)44-71(45-49-27-33-52(63(4,5)6)41-59(49)67(16,17)18)55-36-28-47(29-37-55)46-24-30-50(31-25-46)70(56-38-34-53(64(7,8)9)42-60(56)68(19,20)21)57-39-35-54(65(10,11)12)43-61(57)69(70,22)23/h24-43H,44-45H2,1-23H3. The zero-order valence-electron chi connectivity index (χ0n) is 48.9. The summed E-state index contributed by atoms with van der Waals surface area (Å²) in [4.78, 5) is 0. The normalized spacial score (nSPS) is 16.8. The number of rotatable bonds is 8. The summed E-state index contributed by atoms with van der Waals surface area (Å²) in [5.74, 6) is 0. The van der Waals surface area contributed by atoms with Gasteiger partial charge in [-0.25, -0.2) is 0 Å². The first kappa shape index (κ1) is 54.5. The molecule has 0 aliphatic heterocycles. The molecule has 0 amide bonds. The van der Waals surface area contributed by atoms with Gasteiger partial charge in [0.2, 0.25) is 0 Å². The summed E-state index contributed by atoms with van der Waals surface area (Å²) < 4.78 is 0. The number of hydrogen-bond acceptors (Lipinski definition) is 0. The molecule has 0 spiro atoms. The molecule has 1 atom stereocenters. The van der Waals surface area contributed by atoms with E-state index in [0.29, 0.717) is 0 Å². The third-order valence-electron chi connectivity index (χ3n) is 16.2. The van der Waals surface area contributed by atoms with E-state index < -0.39 is 7.92 Å². The van der Waals surface area contributed by atoms with Crippen molar-refractivity contribution < 1.29 is 0 Å². The predicted octanol–water partition coefficient (Wildman–Crippen LogP) is 19.6. The molecule has 71 heavy (non-hydrogen) atoms. The van der Waals surface area contributed by atoms with E-state index in [-0.39, 0.29) is 48.7 Å². The van der Waals surface area contributed by atoms with E-state index in [9.17, 15) is 0 Å². The molecule has 378 valence electrons. The van der Waals surface area contributed by atoms with Crippen molar-refractivity contribution in [1.82, 2.24) is 0 Å². The zero-order chi connectivity index (χ0) is 52.9. The molecule has 0 saturated heterocycles. The molecular weight excluding hydrogens is 872 g/mol. The van der Waals surface area contributed by atoms with Crippen molar-refractivity contribution in [2.45, 2.75) is 220 Å². The van der Waals surface area contributed by atoms with Gasteiger partial charge < -0.3 is 0 Å². The Morgan fingerprint density at radius 2 is 0.662 bits per heavy atom. The Kier molecular flexibility index (Phi) is 14.0. The lowest BCUT2D eigenvalue weighted by Crippen LogP contribution is -2.57. The summed E-state index contributed by atoms with van der Waals surface area (Å²) in [7, 11) is -0.601. The van der Waals surface area contributed by atoms with Crippen LogP contribution in [0.15, 0.2) is 121 Å². The van der Waals surface area contributed by atoms with Crippen molar-refractivity contribution in [2.75, 3.05) is 0 Å². The number of hydrogen-bond donors (Lipinski definition) is 0. The van der Waals surface area contributed by atoms with E-state index in [1.54, 1.807) is 0 Å². The van der Waals surface area contributed by atoms with Gasteiger partial charge in [-0.3, -0.25) is 0 Å². The topological polar surface area (TPSA) is 0 Å². The highest BCUT2D eigenvalue weighted by atomic mass is 31.1. The molecule has 0 nitrogen and oxygen atoms in total. The van der Waals surface area contributed by atoms with E-state index in [0.717, 1.165) is 12.3 Å². The maximum absolute atomic E-state index is 2.54. The van der Waals surface area contributed by atoms with Crippen LogP contribution in [0.25, 0.3) is 11.1 Å². The van der Waals surface area contributed by atoms with Crippen LogP contribution in [-0.4, -0.2) is 0 Å². The van der Waals surface area contributed by atoms with Gasteiger partial charge in [-0.15, -0.1) is 0 Å². The van der Waals surface area contributed by atoms with E-state index in [1.807, 2.05) is 0 Å². The Bertz CT molecular complexity index is 2810. The Balaban J connectivity index is 1.34. The minimum atomic E-state index is -0.601. The maximum Gasteiger partial charge on any atom is 0.0548 e. The average molecular weight is 965 g/mol. The summed E-state index contributed by atoms with van der Waals surface area (Å²) in [6.07, 6.45) is 2.10. The maximum atomic E-state index is 2.54. The molecule has 7 rings (SSSR count). The molecule has 0 N–H and O–H groups in total. The second-order valence-electron chi connectivity index (χ2n) is 29.4. The van der Waals surface area contributed by atoms with Crippen LogP contribution in [-0.2, 0) is 61.1 Å². The highest BCUT2D eigenvalue weighted by Gasteiger charge is 2.60. The molecule has 0 fully saturated rings. The summed E-state index contributed by atoms with van der Waals surface area (Å²) in [5, 5.41) is 1.47. The summed E-state index contributed by atoms with van der Waals surface area (Å²) in [6, 6.07) is 49.2. The van der Waals surface area contributed by atoms with E-state index >= 15 is 0 Å². The van der Waals surface area contributed by atoms with Crippen LogP contribution in [0.4, 0.5) is 0 Å². The lowest BCUT2D eigenvalue weighted by Gasteiger charge is -2.60. The van der Waals surface area contributed by atoms with Crippen molar-refractivity contribution in [3.63, 3.8) is 0 Å². The molecule has 1 unspecified atom stereocenters. The Hall–Kier alpha value is -4.25. The molecule has 0 heterocycles. The molecule has 1 aliphatic rings. The largest absolute Gasteiger partial charge is 0.0663 e. The molecule has 6 aromatic rings. The zero-order valence-corrected chi connectivity index (χ0v) is 49.8. The van der Waals surface area contributed by atoms with Crippen molar-refractivity contribution in [2.24, 2.45) is 0 Å². The fourth-order valence-electron chi connectivity index (χ4n) is 11.6. The van der Waals surface area contributed by atoms with Gasteiger partial charge in [-0.1, -0.05) is 288 Å². The summed E-state index contributed by atoms with van der Waals surface area (Å²) >= 11 is 0. The van der Waals surface area contributed by atoms with Crippen LogP contribution in [0.5, 0.6) is 0 Å². The minimum absolute atomic E-state index is 0.0352. The fourth-order valence-corrected chi connectivity index (χ4v) is 14.0. The van der Waals surface area contributed by atoms with E-state index in [4.69, 9.17) is 0 Å². The monoisotopic (exact) mass is 965 g/mol. The van der Waals surface area contributed by atoms with Gasteiger partial charge in [0.15, 0.2) is 0 Å². The molecule has 1 aliphatic carbocycles. The Morgan fingerprint density at radius 3 is 1.04 bits per heavy atom. The van der Waals surface area contributed by atoms with Crippen LogP contribution >= 0.6 is 7.92 Å².